The molecule has 0 saturated carbocycles. The van der Waals surface area contributed by atoms with Crippen LogP contribution in [0, 0.1) is 23.2 Å². The average Bonchev–Trinajstić information content (AvgIpc) is 1.61. The summed E-state index contributed by atoms with van der Waals surface area (Å²) in [5, 5.41) is 44.5. The maximum atomic E-state index is 13.4. The minimum atomic E-state index is -0.391. The van der Waals surface area contributed by atoms with E-state index in [0.717, 1.165) is 106 Å². The van der Waals surface area contributed by atoms with Gasteiger partial charge in [0.25, 0.3) is 22.2 Å². The van der Waals surface area contributed by atoms with Gasteiger partial charge in [-0.3, -0.25) is 70.8 Å². The van der Waals surface area contributed by atoms with Gasteiger partial charge < -0.3 is 26.6 Å². The van der Waals surface area contributed by atoms with E-state index in [9.17, 15) is 38.4 Å². The van der Waals surface area contributed by atoms with Crippen molar-refractivity contribution in [2.75, 3.05) is 34.4 Å². The first-order chi connectivity index (χ1) is 68.6. The highest BCUT2D eigenvalue weighted by atomic mass is 16.2. The van der Waals surface area contributed by atoms with Gasteiger partial charge >= 0.3 is 22.8 Å². The Bertz CT molecular complexity index is 7830. The van der Waals surface area contributed by atoms with Crippen molar-refractivity contribution >= 4 is 107 Å². The minimum Gasteiger partial charge on any atom is -0.365 e. The molecule has 15 aromatic rings. The number of H-pyrrole nitrogens is 1. The highest BCUT2D eigenvalue weighted by Crippen LogP contribution is 2.33. The predicted octanol–water partition coefficient (Wildman–Crippen LogP) is 17.2. The normalized spacial score (nSPS) is 13.4. The fourth-order valence-corrected chi connectivity index (χ4v) is 17.3. The zero-order valence-electron chi connectivity index (χ0n) is 85.8. The van der Waals surface area contributed by atoms with Crippen LogP contribution >= 0.6 is 0 Å². The Kier molecular flexibility index (Phi) is 34.2. The van der Waals surface area contributed by atoms with E-state index in [1.54, 1.807) is 76.4 Å². The number of hydrogen-bond donors (Lipinski definition) is 6. The van der Waals surface area contributed by atoms with Crippen molar-refractivity contribution in [1.82, 2.24) is 101 Å². The molecule has 6 N–H and O–H groups in total. The minimum absolute atomic E-state index is 0.191. The summed E-state index contributed by atoms with van der Waals surface area (Å²) in [7, 11) is 6.07. The van der Waals surface area contributed by atoms with Gasteiger partial charge in [0.15, 0.2) is 22.6 Å². The third kappa shape index (κ3) is 24.2. The standard InChI is InChI=1S/C29H34N6O2.C28H32N6O2.C27H36N6O2.C26H31N7O2/c1-7-9-21(8-2)22-12-10-20(11-13-22)18-35-25(31-23-14-16-30-17-15-23)24-26(32-35)34(19-29(3,4)5)28(37)33(6)27(24)36;1-6-9-21(7-2)22-13-11-20(12-14-22)18-34-25(30-23-10-8-15-29-16-23)24-26(31-34)33(17-19(3)4)28(36)32(5)27(24)35;1-6-8-20(7-2)21-11-9-19(10-12-21)17-33-24(29-22-13-14-28-15-22)23-25(30-33)32(16-18(3)4)27(35)31(5)26(23)34;1-6-8-19(7-2)20-11-9-18(10-12-20)16-33-23(28-21-13-14-27-29-21)22-24(30-33)32(15-17(3)4)26(35)31(5)25(22)34/h7-17H,18-19H2,1-6H3,(H,30,31);6-16,19,30H,17-18H2,1-5H3;6-12,18,22,28-29H,13-17H2,1-5H3;6-14,17H,15-16H2,1-5H3,(H2,27,28,29)/b9-7-,21-8+;9-6-,21-7+;8-6-,20-7+;8-6-,19-7+/t;;22-;/m..0./s1. The lowest BCUT2D eigenvalue weighted by atomic mass is 9.97. The van der Waals surface area contributed by atoms with Crippen molar-refractivity contribution < 1.29 is 0 Å². The summed E-state index contributed by atoms with van der Waals surface area (Å²) in [5.41, 5.74) is 13.2. The Balaban J connectivity index is 0.000000160. The van der Waals surface area contributed by atoms with Crippen LogP contribution < -0.4 is 71.6 Å². The quantitative estimate of drug-likeness (QED) is 0.0220. The van der Waals surface area contributed by atoms with Gasteiger partial charge in [-0.2, -0.15) is 25.5 Å². The number of hydrogen-bond acceptors (Lipinski definition) is 20. The third-order valence-electron chi connectivity index (χ3n) is 24.3. The van der Waals surface area contributed by atoms with Gasteiger partial charge in [-0.15, -0.1) is 0 Å². The lowest BCUT2D eigenvalue weighted by molar-refractivity contribution is 0.337. The van der Waals surface area contributed by atoms with E-state index in [-0.39, 0.29) is 68.6 Å². The van der Waals surface area contributed by atoms with Gasteiger partial charge in [0.05, 0.1) is 44.3 Å². The van der Waals surface area contributed by atoms with E-state index in [2.05, 4.69) is 215 Å². The van der Waals surface area contributed by atoms with Crippen molar-refractivity contribution in [3.63, 3.8) is 0 Å². The number of aromatic nitrogens is 20. The maximum Gasteiger partial charge on any atom is 0.332 e. The fraction of sp³-hybridized carbons (Fsp3) is 0.336. The zero-order chi connectivity index (χ0) is 103. The molecule has 1 fully saturated rings. The number of pyridine rings is 2. The van der Waals surface area contributed by atoms with Crippen LogP contribution in [-0.2, 0) is 80.5 Å². The number of aromatic amines is 1. The first kappa shape index (κ1) is 104. The molecule has 33 nitrogen and oxygen atoms in total. The molecule has 1 saturated heterocycles. The van der Waals surface area contributed by atoms with Crippen LogP contribution in [-0.4, -0.2) is 115 Å². The first-order valence-electron chi connectivity index (χ1n) is 48.6. The van der Waals surface area contributed by atoms with Crippen molar-refractivity contribution in [3.8, 4) is 0 Å². The lowest BCUT2D eigenvalue weighted by Gasteiger charge is -2.20. The third-order valence-corrected chi connectivity index (χ3v) is 24.3. The number of nitrogens with one attached hydrogen (secondary N) is 6. The monoisotopic (exact) mass is 1930 g/mol. The number of benzene rings is 4. The maximum absolute atomic E-state index is 13.4. The molecular formula is C110H133N25O8. The van der Waals surface area contributed by atoms with Crippen LogP contribution in [0.15, 0.2) is 270 Å². The summed E-state index contributed by atoms with van der Waals surface area (Å²) in [4.78, 5) is 114. The molecule has 1 atom stereocenters. The Hall–Kier alpha value is -15.9. The van der Waals surface area contributed by atoms with Crippen LogP contribution in [0.4, 0.5) is 40.5 Å². The molecule has 16 rings (SSSR count). The van der Waals surface area contributed by atoms with Crippen LogP contribution in [0.5, 0.6) is 0 Å². The molecule has 0 radical (unpaired) electrons. The largest absolute Gasteiger partial charge is 0.365 e. The highest BCUT2D eigenvalue weighted by molar-refractivity contribution is 5.92. The average molecular weight is 1930 g/mol. The number of anilines is 7. The molecular weight excluding hydrogens is 1800 g/mol. The van der Waals surface area contributed by atoms with Crippen LogP contribution in [0.1, 0.15) is 169 Å². The molecule has 0 aliphatic carbocycles. The molecule has 746 valence electrons. The number of nitrogens with zero attached hydrogens (tertiary/aromatic N) is 19. The van der Waals surface area contributed by atoms with Gasteiger partial charge in [0, 0.05) is 97.3 Å². The van der Waals surface area contributed by atoms with Crippen molar-refractivity contribution in [2.45, 2.75) is 183 Å². The van der Waals surface area contributed by atoms with E-state index in [0.29, 0.717) is 126 Å². The Morgan fingerprint density at radius 2 is 0.720 bits per heavy atom. The van der Waals surface area contributed by atoms with Gasteiger partial charge in [-0.1, -0.05) is 232 Å². The number of rotatable bonds is 31. The summed E-state index contributed by atoms with van der Waals surface area (Å²) < 4.78 is 18.2. The highest BCUT2D eigenvalue weighted by Gasteiger charge is 2.30. The molecule has 11 aromatic heterocycles. The van der Waals surface area contributed by atoms with E-state index in [1.165, 1.54) is 31.3 Å². The Morgan fingerprint density at radius 1 is 0.392 bits per heavy atom. The van der Waals surface area contributed by atoms with Gasteiger partial charge in [-0.25, -0.2) is 37.9 Å². The van der Waals surface area contributed by atoms with Crippen LogP contribution in [0.3, 0.4) is 0 Å². The molecule has 0 bridgehead atoms. The summed E-state index contributed by atoms with van der Waals surface area (Å²) >= 11 is 0. The molecule has 0 unspecified atom stereocenters. The topological polar surface area (TPSA) is 362 Å². The van der Waals surface area contributed by atoms with Crippen LogP contribution in [0.2, 0.25) is 0 Å². The second-order valence-corrected chi connectivity index (χ2v) is 38.0. The van der Waals surface area contributed by atoms with Crippen molar-refractivity contribution in [2.24, 2.45) is 51.4 Å². The lowest BCUT2D eigenvalue weighted by Crippen LogP contribution is -2.40. The SMILES string of the molecule is C/C=C\C(=C/C)c1ccc(Cn2nc3c(c2N[C@H]2CCNC2)c(=O)n(C)c(=O)n3CC(C)C)cc1.C/C=C\C(=C/C)c1ccc(Cn2nc3c(c2Nc2cccnc2)c(=O)n(C)c(=O)n3CC(C)C)cc1.C/C=C\C(=C/C)c1ccc(Cn2nc3c(c2Nc2ccn[nH]2)c(=O)n(C)c(=O)n3CC(C)C)cc1.C/C=C\C(=C/C)c1ccc(Cn2nc3c(c2Nc2ccncc2)c(=O)n(C)c(=O)n3CC(C)(C)C)cc1. The number of allylic oxidation sites excluding steroid dienone is 16. The first-order valence-corrected chi connectivity index (χ1v) is 48.6. The van der Waals surface area contributed by atoms with E-state index < -0.39 is 5.56 Å². The summed E-state index contributed by atoms with van der Waals surface area (Å²) in [6.45, 7) is 39.8. The summed E-state index contributed by atoms with van der Waals surface area (Å²) in [6, 6.07) is 42.5. The molecule has 143 heavy (non-hydrogen) atoms. The van der Waals surface area contributed by atoms with Crippen molar-refractivity contribution in [3.05, 3.63) is 359 Å². The van der Waals surface area contributed by atoms with E-state index in [4.69, 9.17) is 20.4 Å². The van der Waals surface area contributed by atoms with Crippen molar-refractivity contribution in [1.29, 1.82) is 0 Å². The molecule has 1 aliphatic rings. The zero-order valence-corrected chi connectivity index (χ0v) is 85.8. The van der Waals surface area contributed by atoms with E-state index in [1.807, 2.05) is 148 Å². The second-order valence-electron chi connectivity index (χ2n) is 38.0. The predicted molar refractivity (Wildman–Crippen MR) is 579 cm³/mol. The van der Waals surface area contributed by atoms with Gasteiger partial charge in [-0.05, 0) is 183 Å². The molecule has 0 spiro atoms. The molecule has 0 amide bonds. The fourth-order valence-electron chi connectivity index (χ4n) is 17.3. The number of fused-ring (bicyclic) bond motifs is 4. The van der Waals surface area contributed by atoms with Gasteiger partial charge in [0.2, 0.25) is 0 Å². The van der Waals surface area contributed by atoms with Crippen LogP contribution in [0.25, 0.3) is 66.4 Å². The van der Waals surface area contributed by atoms with Gasteiger partial charge in [0.1, 0.15) is 50.6 Å². The van der Waals surface area contributed by atoms with E-state index >= 15 is 0 Å². The molecule has 1 aliphatic heterocycles. The summed E-state index contributed by atoms with van der Waals surface area (Å²) in [5.74, 6) is 3.52. The molecule has 4 aromatic carbocycles. The Morgan fingerprint density at radius 3 is 1.02 bits per heavy atom. The smallest absolute Gasteiger partial charge is 0.332 e. The Labute approximate surface area is 830 Å². The molecule has 12 heterocycles. The second kappa shape index (κ2) is 46.9. The molecule has 33 heteroatoms. The summed E-state index contributed by atoms with van der Waals surface area (Å²) in [6.07, 6.45) is 34.1.